The van der Waals surface area contributed by atoms with Crippen LogP contribution in [0.3, 0.4) is 0 Å². The first-order valence-corrected chi connectivity index (χ1v) is 7.82. The molecule has 3 nitrogen and oxygen atoms in total. The van der Waals surface area contributed by atoms with E-state index in [4.69, 9.17) is 4.52 Å². The van der Waals surface area contributed by atoms with E-state index < -0.39 is 0 Å². The first-order chi connectivity index (χ1) is 10.6. The molecule has 0 radical (unpaired) electrons. The SMILES string of the molecule is Cc1cc(C)cc(-c2onc(-c3cccc(Br)c3)c2CO)c1. The largest absolute Gasteiger partial charge is 0.391 e. The molecule has 0 spiro atoms. The fourth-order valence-electron chi connectivity index (χ4n) is 2.65. The Labute approximate surface area is 137 Å². The minimum absolute atomic E-state index is 0.117. The van der Waals surface area contributed by atoms with Gasteiger partial charge in [-0.1, -0.05) is 50.4 Å². The Morgan fingerprint density at radius 2 is 1.77 bits per heavy atom. The summed E-state index contributed by atoms with van der Waals surface area (Å²) in [5, 5.41) is 14.0. The van der Waals surface area contributed by atoms with Gasteiger partial charge in [-0.2, -0.15) is 0 Å². The minimum Gasteiger partial charge on any atom is -0.391 e. The van der Waals surface area contributed by atoms with Gasteiger partial charge in [0.15, 0.2) is 5.76 Å². The van der Waals surface area contributed by atoms with Crippen LogP contribution in [-0.2, 0) is 6.61 Å². The van der Waals surface area contributed by atoms with Crippen molar-refractivity contribution in [1.29, 1.82) is 0 Å². The van der Waals surface area contributed by atoms with Crippen molar-refractivity contribution in [3.8, 4) is 22.6 Å². The van der Waals surface area contributed by atoms with E-state index in [1.807, 2.05) is 50.2 Å². The molecule has 0 amide bonds. The van der Waals surface area contributed by atoms with E-state index >= 15 is 0 Å². The second-order valence-corrected chi connectivity index (χ2v) is 6.30. The fourth-order valence-corrected chi connectivity index (χ4v) is 3.05. The van der Waals surface area contributed by atoms with Crippen molar-refractivity contribution in [3.05, 3.63) is 63.6 Å². The number of aryl methyl sites for hydroxylation is 2. The molecule has 0 atom stereocenters. The minimum atomic E-state index is -0.117. The Kier molecular flexibility index (Phi) is 4.14. The number of halogens is 1. The summed E-state index contributed by atoms with van der Waals surface area (Å²) < 4.78 is 6.51. The van der Waals surface area contributed by atoms with E-state index in [1.165, 1.54) is 0 Å². The van der Waals surface area contributed by atoms with Gasteiger partial charge in [0.05, 0.1) is 12.2 Å². The topological polar surface area (TPSA) is 46.3 Å². The highest BCUT2D eigenvalue weighted by atomic mass is 79.9. The second-order valence-electron chi connectivity index (χ2n) is 5.38. The molecule has 0 saturated heterocycles. The lowest BCUT2D eigenvalue weighted by Crippen LogP contribution is -1.90. The number of nitrogens with zero attached hydrogens (tertiary/aromatic N) is 1. The molecule has 1 N–H and O–H groups in total. The third-order valence-electron chi connectivity index (χ3n) is 3.53. The lowest BCUT2D eigenvalue weighted by atomic mass is 10.0. The van der Waals surface area contributed by atoms with Crippen molar-refractivity contribution in [2.24, 2.45) is 0 Å². The predicted molar refractivity (Wildman–Crippen MR) is 90.5 cm³/mol. The molecule has 0 aliphatic carbocycles. The van der Waals surface area contributed by atoms with E-state index in [0.29, 0.717) is 17.0 Å². The number of aromatic nitrogens is 1. The van der Waals surface area contributed by atoms with Crippen molar-refractivity contribution < 1.29 is 9.63 Å². The van der Waals surface area contributed by atoms with Crippen molar-refractivity contribution in [2.75, 3.05) is 0 Å². The van der Waals surface area contributed by atoms with Crippen LogP contribution in [0.1, 0.15) is 16.7 Å². The molecule has 112 valence electrons. The molecule has 3 rings (SSSR count). The van der Waals surface area contributed by atoms with Crippen molar-refractivity contribution in [2.45, 2.75) is 20.5 Å². The molecule has 4 heteroatoms. The van der Waals surface area contributed by atoms with E-state index in [2.05, 4.69) is 27.2 Å². The summed E-state index contributed by atoms with van der Waals surface area (Å²) >= 11 is 3.46. The number of hydrogen-bond acceptors (Lipinski definition) is 3. The van der Waals surface area contributed by atoms with E-state index in [9.17, 15) is 5.11 Å². The van der Waals surface area contributed by atoms with Crippen LogP contribution in [0.15, 0.2) is 51.5 Å². The van der Waals surface area contributed by atoms with Crippen LogP contribution in [0.4, 0.5) is 0 Å². The zero-order valence-corrected chi connectivity index (χ0v) is 14.0. The predicted octanol–water partition coefficient (Wildman–Crippen LogP) is 4.88. The fraction of sp³-hybridized carbons (Fsp3) is 0.167. The normalized spacial score (nSPS) is 10.9. The zero-order chi connectivity index (χ0) is 15.7. The van der Waals surface area contributed by atoms with Gasteiger partial charge in [0, 0.05) is 15.6 Å². The van der Waals surface area contributed by atoms with Crippen LogP contribution < -0.4 is 0 Å². The molecule has 22 heavy (non-hydrogen) atoms. The molecule has 2 aromatic carbocycles. The van der Waals surface area contributed by atoms with E-state index in [1.54, 1.807) is 0 Å². The Balaban J connectivity index is 2.15. The van der Waals surface area contributed by atoms with Crippen molar-refractivity contribution in [3.63, 3.8) is 0 Å². The van der Waals surface area contributed by atoms with E-state index in [-0.39, 0.29) is 6.61 Å². The summed E-state index contributed by atoms with van der Waals surface area (Å²) in [5.74, 6) is 0.629. The molecule has 0 aliphatic rings. The highest BCUT2D eigenvalue weighted by molar-refractivity contribution is 9.10. The molecule has 1 aromatic heterocycles. The molecular weight excluding hydrogens is 342 g/mol. The summed E-state index contributed by atoms with van der Waals surface area (Å²) in [6.45, 7) is 3.97. The van der Waals surface area contributed by atoms with Crippen LogP contribution >= 0.6 is 15.9 Å². The average molecular weight is 358 g/mol. The number of benzene rings is 2. The van der Waals surface area contributed by atoms with Crippen LogP contribution in [0, 0.1) is 13.8 Å². The van der Waals surface area contributed by atoms with E-state index in [0.717, 1.165) is 26.7 Å². The monoisotopic (exact) mass is 357 g/mol. The molecular formula is C18H16BrNO2. The standard InChI is InChI=1S/C18H16BrNO2/c1-11-6-12(2)8-14(7-11)18-16(10-21)17(20-22-18)13-4-3-5-15(19)9-13/h3-9,21H,10H2,1-2H3. The molecule has 0 aliphatic heterocycles. The lowest BCUT2D eigenvalue weighted by Gasteiger charge is -2.04. The number of rotatable bonds is 3. The quantitative estimate of drug-likeness (QED) is 0.726. The Morgan fingerprint density at radius 1 is 1.05 bits per heavy atom. The Hall–Kier alpha value is -1.91. The molecule has 0 unspecified atom stereocenters. The van der Waals surface area contributed by atoms with Crippen LogP contribution in [0.2, 0.25) is 0 Å². The third-order valence-corrected chi connectivity index (χ3v) is 4.02. The van der Waals surface area contributed by atoms with Gasteiger partial charge in [-0.15, -0.1) is 0 Å². The van der Waals surface area contributed by atoms with Gasteiger partial charge in [0.1, 0.15) is 5.69 Å². The first kappa shape index (κ1) is 15.0. The number of hydrogen-bond donors (Lipinski definition) is 1. The summed E-state index contributed by atoms with van der Waals surface area (Å²) in [7, 11) is 0. The highest BCUT2D eigenvalue weighted by Gasteiger charge is 2.18. The molecule has 1 heterocycles. The van der Waals surface area contributed by atoms with Gasteiger partial charge < -0.3 is 9.63 Å². The maximum Gasteiger partial charge on any atom is 0.173 e. The van der Waals surface area contributed by atoms with Gasteiger partial charge in [0.2, 0.25) is 0 Å². The molecule has 0 bridgehead atoms. The molecule has 0 fully saturated rings. The maximum absolute atomic E-state index is 9.81. The summed E-state index contributed by atoms with van der Waals surface area (Å²) in [6.07, 6.45) is 0. The van der Waals surface area contributed by atoms with Crippen molar-refractivity contribution >= 4 is 15.9 Å². The van der Waals surface area contributed by atoms with Crippen molar-refractivity contribution in [1.82, 2.24) is 5.16 Å². The number of aliphatic hydroxyl groups excluding tert-OH is 1. The molecule has 0 saturated carbocycles. The van der Waals surface area contributed by atoms with Gasteiger partial charge in [0.25, 0.3) is 0 Å². The van der Waals surface area contributed by atoms with Gasteiger partial charge in [-0.3, -0.25) is 0 Å². The zero-order valence-electron chi connectivity index (χ0n) is 12.4. The van der Waals surface area contributed by atoms with Gasteiger partial charge in [-0.25, -0.2) is 0 Å². The van der Waals surface area contributed by atoms with Crippen LogP contribution in [-0.4, -0.2) is 10.3 Å². The smallest absolute Gasteiger partial charge is 0.173 e. The second kappa shape index (κ2) is 6.07. The van der Waals surface area contributed by atoms with Crippen LogP contribution in [0.5, 0.6) is 0 Å². The highest BCUT2D eigenvalue weighted by Crippen LogP contribution is 2.34. The number of aliphatic hydroxyl groups is 1. The third kappa shape index (κ3) is 2.85. The maximum atomic E-state index is 9.81. The van der Waals surface area contributed by atoms with Gasteiger partial charge >= 0.3 is 0 Å². The molecule has 3 aromatic rings. The van der Waals surface area contributed by atoms with Gasteiger partial charge in [-0.05, 0) is 38.1 Å². The lowest BCUT2D eigenvalue weighted by molar-refractivity contribution is 0.281. The summed E-state index contributed by atoms with van der Waals surface area (Å²) in [6, 6.07) is 14.0. The average Bonchev–Trinajstić information content (AvgIpc) is 2.90. The first-order valence-electron chi connectivity index (χ1n) is 7.02. The van der Waals surface area contributed by atoms with Crippen LogP contribution in [0.25, 0.3) is 22.6 Å². The Morgan fingerprint density at radius 3 is 2.41 bits per heavy atom. The summed E-state index contributed by atoms with van der Waals surface area (Å²) in [5.41, 5.74) is 5.55. The summed E-state index contributed by atoms with van der Waals surface area (Å²) in [4.78, 5) is 0. The Bertz CT molecular complexity index is 803.